The van der Waals surface area contributed by atoms with Crippen molar-refractivity contribution in [3.63, 3.8) is 0 Å². The number of pyridine rings is 1. The number of nitrogens with zero attached hydrogens (tertiary/aromatic N) is 3. The van der Waals surface area contributed by atoms with Crippen molar-refractivity contribution in [1.82, 2.24) is 20.1 Å². The van der Waals surface area contributed by atoms with Crippen molar-refractivity contribution in [3.05, 3.63) is 41.5 Å². The first-order valence-electron chi connectivity index (χ1n) is 6.47. The molecule has 0 aliphatic carbocycles. The van der Waals surface area contributed by atoms with Crippen molar-refractivity contribution in [3.8, 4) is 0 Å². The molecule has 0 aromatic carbocycles. The number of carbonyl (C=O) groups excluding carboxylic acids is 2. The first kappa shape index (κ1) is 14.7. The van der Waals surface area contributed by atoms with E-state index in [0.717, 1.165) is 17.0 Å². The van der Waals surface area contributed by atoms with Gasteiger partial charge in [-0.3, -0.25) is 19.3 Å². The summed E-state index contributed by atoms with van der Waals surface area (Å²) in [5.74, 6) is -1.41. The molecule has 0 bridgehead atoms. The molecule has 0 atom stereocenters. The number of anilines is 1. The van der Waals surface area contributed by atoms with E-state index in [1.165, 1.54) is 6.20 Å². The molecule has 2 amide bonds. The first-order chi connectivity index (χ1) is 9.99. The number of carbonyl (C=O) groups is 2. The SMILES string of the molecule is Cc1nn(C)c(C)c1CNC(=O)C(=O)Nc1cccnc1. The molecule has 0 saturated heterocycles. The maximum atomic E-state index is 11.8. The van der Waals surface area contributed by atoms with Gasteiger partial charge in [-0.05, 0) is 26.0 Å². The predicted octanol–water partition coefficient (Wildman–Crippen LogP) is 0.687. The van der Waals surface area contributed by atoms with Crippen LogP contribution in [0.1, 0.15) is 17.0 Å². The van der Waals surface area contributed by atoms with Gasteiger partial charge >= 0.3 is 11.8 Å². The molecule has 110 valence electrons. The Morgan fingerprint density at radius 1 is 1.29 bits per heavy atom. The normalized spacial score (nSPS) is 10.2. The van der Waals surface area contributed by atoms with Gasteiger partial charge in [0.25, 0.3) is 0 Å². The highest BCUT2D eigenvalue weighted by molar-refractivity contribution is 6.39. The Hall–Kier alpha value is -2.70. The molecule has 0 radical (unpaired) electrons. The fourth-order valence-corrected chi connectivity index (χ4v) is 1.95. The predicted molar refractivity (Wildman–Crippen MR) is 77.4 cm³/mol. The first-order valence-corrected chi connectivity index (χ1v) is 6.47. The summed E-state index contributed by atoms with van der Waals surface area (Å²) in [5.41, 5.74) is 3.19. The van der Waals surface area contributed by atoms with Crippen molar-refractivity contribution in [2.45, 2.75) is 20.4 Å². The van der Waals surface area contributed by atoms with Crippen molar-refractivity contribution in [2.24, 2.45) is 7.05 Å². The van der Waals surface area contributed by atoms with Crippen LogP contribution in [-0.2, 0) is 23.2 Å². The Balaban J connectivity index is 1.94. The Morgan fingerprint density at radius 2 is 2.05 bits per heavy atom. The van der Waals surface area contributed by atoms with E-state index in [9.17, 15) is 9.59 Å². The van der Waals surface area contributed by atoms with Crippen LogP contribution >= 0.6 is 0 Å². The highest BCUT2D eigenvalue weighted by atomic mass is 16.2. The van der Waals surface area contributed by atoms with E-state index in [1.54, 1.807) is 23.0 Å². The lowest BCUT2D eigenvalue weighted by Crippen LogP contribution is -2.35. The van der Waals surface area contributed by atoms with Crippen molar-refractivity contribution < 1.29 is 9.59 Å². The fraction of sp³-hybridized carbons (Fsp3) is 0.286. The topological polar surface area (TPSA) is 88.9 Å². The van der Waals surface area contributed by atoms with Crippen molar-refractivity contribution in [1.29, 1.82) is 0 Å². The second-order valence-electron chi connectivity index (χ2n) is 4.65. The van der Waals surface area contributed by atoms with Crippen LogP contribution < -0.4 is 10.6 Å². The minimum Gasteiger partial charge on any atom is -0.344 e. The molecular formula is C14H17N5O2. The molecule has 7 heteroatoms. The summed E-state index contributed by atoms with van der Waals surface area (Å²) < 4.78 is 1.74. The fourth-order valence-electron chi connectivity index (χ4n) is 1.95. The zero-order valence-corrected chi connectivity index (χ0v) is 12.2. The zero-order chi connectivity index (χ0) is 15.4. The Labute approximate surface area is 122 Å². The van der Waals surface area contributed by atoms with E-state index in [4.69, 9.17) is 0 Å². The monoisotopic (exact) mass is 287 g/mol. The molecule has 2 heterocycles. The van der Waals surface area contributed by atoms with Gasteiger partial charge in [0.2, 0.25) is 0 Å². The third kappa shape index (κ3) is 3.44. The van der Waals surface area contributed by atoms with Gasteiger partial charge in [0.1, 0.15) is 0 Å². The van der Waals surface area contributed by atoms with Gasteiger partial charge in [0.05, 0.1) is 17.6 Å². The Kier molecular flexibility index (Phi) is 4.32. The number of hydrogen-bond acceptors (Lipinski definition) is 4. The van der Waals surface area contributed by atoms with Gasteiger partial charge in [0.15, 0.2) is 0 Å². The van der Waals surface area contributed by atoms with Crippen molar-refractivity contribution in [2.75, 3.05) is 5.32 Å². The molecular weight excluding hydrogens is 270 g/mol. The molecule has 2 N–H and O–H groups in total. The van der Waals surface area contributed by atoms with Crippen molar-refractivity contribution >= 4 is 17.5 Å². The molecule has 2 rings (SSSR count). The third-order valence-corrected chi connectivity index (χ3v) is 3.21. The summed E-state index contributed by atoms with van der Waals surface area (Å²) in [4.78, 5) is 27.4. The maximum Gasteiger partial charge on any atom is 0.313 e. The summed E-state index contributed by atoms with van der Waals surface area (Å²) in [7, 11) is 1.84. The summed E-state index contributed by atoms with van der Waals surface area (Å²) in [6.45, 7) is 4.05. The number of aromatic nitrogens is 3. The Morgan fingerprint density at radius 3 is 2.62 bits per heavy atom. The van der Waals surface area contributed by atoms with Crippen LogP contribution in [-0.4, -0.2) is 26.6 Å². The van der Waals surface area contributed by atoms with Crippen LogP contribution in [0.25, 0.3) is 0 Å². The quantitative estimate of drug-likeness (QED) is 0.813. The minimum absolute atomic E-state index is 0.269. The van der Waals surface area contributed by atoms with Crippen LogP contribution in [0.5, 0.6) is 0 Å². The molecule has 0 aliphatic heterocycles. The van der Waals surface area contributed by atoms with Gasteiger partial charge in [-0.1, -0.05) is 0 Å². The largest absolute Gasteiger partial charge is 0.344 e. The summed E-state index contributed by atoms with van der Waals surface area (Å²) >= 11 is 0. The molecule has 7 nitrogen and oxygen atoms in total. The number of aryl methyl sites for hydroxylation is 2. The van der Waals surface area contributed by atoms with Gasteiger partial charge in [-0.25, -0.2) is 0 Å². The molecule has 0 unspecified atom stereocenters. The smallest absolute Gasteiger partial charge is 0.313 e. The summed E-state index contributed by atoms with van der Waals surface area (Å²) in [6.07, 6.45) is 3.06. The van der Waals surface area contributed by atoms with E-state index in [-0.39, 0.29) is 6.54 Å². The highest BCUT2D eigenvalue weighted by Crippen LogP contribution is 2.11. The molecule has 0 aliphatic rings. The lowest BCUT2D eigenvalue weighted by Gasteiger charge is -2.06. The third-order valence-electron chi connectivity index (χ3n) is 3.21. The van der Waals surface area contributed by atoms with Crippen LogP contribution in [0.15, 0.2) is 24.5 Å². The molecule has 0 spiro atoms. The van der Waals surface area contributed by atoms with E-state index in [0.29, 0.717) is 5.69 Å². The molecule has 21 heavy (non-hydrogen) atoms. The van der Waals surface area contributed by atoms with Gasteiger partial charge < -0.3 is 10.6 Å². The standard InChI is InChI=1S/C14H17N5O2/c1-9-12(10(2)19(3)18-9)8-16-13(20)14(21)17-11-5-4-6-15-7-11/h4-7H,8H2,1-3H3,(H,16,20)(H,17,21). The van der Waals surface area contributed by atoms with E-state index in [2.05, 4.69) is 20.7 Å². The zero-order valence-electron chi connectivity index (χ0n) is 12.2. The van der Waals surface area contributed by atoms with E-state index >= 15 is 0 Å². The van der Waals surface area contributed by atoms with Gasteiger partial charge in [-0.2, -0.15) is 5.10 Å². The van der Waals surface area contributed by atoms with Gasteiger partial charge in [0, 0.05) is 31.0 Å². The van der Waals surface area contributed by atoms with Crippen LogP contribution in [0.4, 0.5) is 5.69 Å². The van der Waals surface area contributed by atoms with Gasteiger partial charge in [-0.15, -0.1) is 0 Å². The van der Waals surface area contributed by atoms with Crippen LogP contribution in [0.3, 0.4) is 0 Å². The number of hydrogen-bond donors (Lipinski definition) is 2. The van der Waals surface area contributed by atoms with E-state index in [1.807, 2.05) is 20.9 Å². The molecule has 0 saturated carbocycles. The maximum absolute atomic E-state index is 11.8. The second-order valence-corrected chi connectivity index (χ2v) is 4.65. The number of rotatable bonds is 3. The lowest BCUT2D eigenvalue weighted by molar-refractivity contribution is -0.136. The average molecular weight is 287 g/mol. The number of nitrogens with one attached hydrogen (secondary N) is 2. The van der Waals surface area contributed by atoms with E-state index < -0.39 is 11.8 Å². The van der Waals surface area contributed by atoms with Crippen LogP contribution in [0.2, 0.25) is 0 Å². The average Bonchev–Trinajstić information content (AvgIpc) is 2.71. The van der Waals surface area contributed by atoms with Crippen LogP contribution in [0, 0.1) is 13.8 Å². The summed E-state index contributed by atoms with van der Waals surface area (Å²) in [5, 5.41) is 9.33. The molecule has 0 fully saturated rings. The minimum atomic E-state index is -0.720. The second kappa shape index (κ2) is 6.17. The summed E-state index contributed by atoms with van der Waals surface area (Å²) in [6, 6.07) is 3.34. The molecule has 2 aromatic rings. The Bertz CT molecular complexity index is 664. The lowest BCUT2D eigenvalue weighted by atomic mass is 10.2. The number of amides is 2. The highest BCUT2D eigenvalue weighted by Gasteiger charge is 2.16. The molecule has 2 aromatic heterocycles.